The van der Waals surface area contributed by atoms with E-state index in [9.17, 15) is 13.5 Å². The fraction of sp³-hybridized carbons (Fsp3) is 0.647. The van der Waals surface area contributed by atoms with Crippen molar-refractivity contribution in [2.45, 2.75) is 39.7 Å². The molecule has 0 saturated carbocycles. The molecule has 1 aliphatic heterocycles. The number of rotatable bonds is 5. The molecule has 0 aromatic heterocycles. The molecule has 1 aromatic carbocycles. The van der Waals surface area contributed by atoms with Gasteiger partial charge in [-0.25, -0.2) is 8.42 Å². The topological polar surface area (TPSA) is 57.6 Å². The summed E-state index contributed by atoms with van der Waals surface area (Å²) in [5, 5.41) is 9.72. The maximum atomic E-state index is 11.9. The molecule has 1 saturated heterocycles. The lowest BCUT2D eigenvalue weighted by atomic mass is 9.80. The summed E-state index contributed by atoms with van der Waals surface area (Å²) < 4.78 is 23.7. The minimum Gasteiger partial charge on any atom is -0.508 e. The SMILES string of the molecule is CCS(=O)(=O)CCC1C(C)C(C)CCN1c1cccc(O)c1. The molecule has 1 fully saturated rings. The second-order valence-corrected chi connectivity index (χ2v) is 8.90. The van der Waals surface area contributed by atoms with Crippen molar-refractivity contribution in [2.75, 3.05) is 23.0 Å². The number of aromatic hydroxyl groups is 1. The lowest BCUT2D eigenvalue weighted by Gasteiger charge is -2.45. The van der Waals surface area contributed by atoms with E-state index in [0.29, 0.717) is 18.3 Å². The fourth-order valence-electron chi connectivity index (χ4n) is 3.29. The van der Waals surface area contributed by atoms with Crippen molar-refractivity contribution in [2.24, 2.45) is 11.8 Å². The lowest BCUT2D eigenvalue weighted by Crippen LogP contribution is -2.48. The van der Waals surface area contributed by atoms with Gasteiger partial charge in [-0.3, -0.25) is 0 Å². The molecule has 0 aliphatic carbocycles. The van der Waals surface area contributed by atoms with E-state index in [1.54, 1.807) is 19.1 Å². The van der Waals surface area contributed by atoms with E-state index in [1.807, 2.05) is 12.1 Å². The van der Waals surface area contributed by atoms with Crippen LogP contribution in [-0.2, 0) is 9.84 Å². The molecule has 3 unspecified atom stereocenters. The quantitative estimate of drug-likeness (QED) is 0.904. The Morgan fingerprint density at radius 2 is 2.05 bits per heavy atom. The van der Waals surface area contributed by atoms with Gasteiger partial charge in [-0.1, -0.05) is 26.8 Å². The van der Waals surface area contributed by atoms with Gasteiger partial charge < -0.3 is 10.0 Å². The van der Waals surface area contributed by atoms with Crippen LogP contribution in [0.5, 0.6) is 5.75 Å². The molecule has 0 spiro atoms. The zero-order valence-corrected chi connectivity index (χ0v) is 14.5. The Morgan fingerprint density at radius 1 is 1.32 bits per heavy atom. The number of benzene rings is 1. The van der Waals surface area contributed by atoms with E-state index in [0.717, 1.165) is 18.7 Å². The molecule has 3 atom stereocenters. The Hall–Kier alpha value is -1.23. The first kappa shape index (κ1) is 17.1. The first-order valence-electron chi connectivity index (χ1n) is 8.10. The highest BCUT2D eigenvalue weighted by Gasteiger charge is 2.33. The van der Waals surface area contributed by atoms with Crippen molar-refractivity contribution >= 4 is 15.5 Å². The summed E-state index contributed by atoms with van der Waals surface area (Å²) in [6.07, 6.45) is 1.74. The largest absolute Gasteiger partial charge is 0.508 e. The molecule has 0 amide bonds. The number of phenolic OH excluding ortho intramolecular Hbond substituents is 1. The van der Waals surface area contributed by atoms with Crippen LogP contribution in [-0.4, -0.2) is 37.6 Å². The standard InChI is InChI=1S/C17H27NO3S/c1-4-22(20,21)11-9-17-14(3)13(2)8-10-18(17)15-6-5-7-16(19)12-15/h5-7,12-14,17,19H,4,8-11H2,1-3H3. The van der Waals surface area contributed by atoms with Crippen LogP contribution in [0.15, 0.2) is 24.3 Å². The Bertz CT molecular complexity index is 600. The van der Waals surface area contributed by atoms with Crippen LogP contribution in [0.25, 0.3) is 0 Å². The molecule has 0 bridgehead atoms. The van der Waals surface area contributed by atoms with Crippen LogP contribution in [0.1, 0.15) is 33.6 Å². The molecule has 124 valence electrons. The predicted octanol–water partition coefficient (Wildman–Crippen LogP) is 3.07. The molecular formula is C17H27NO3S. The summed E-state index contributed by atoms with van der Waals surface area (Å²) in [6.45, 7) is 7.07. The third kappa shape index (κ3) is 3.94. The summed E-state index contributed by atoms with van der Waals surface area (Å²) in [4.78, 5) is 2.27. The summed E-state index contributed by atoms with van der Waals surface area (Å²) in [5.41, 5.74) is 0.984. The van der Waals surface area contributed by atoms with Gasteiger partial charge in [0.05, 0.1) is 5.75 Å². The number of anilines is 1. The molecule has 1 N–H and O–H groups in total. The second kappa shape index (κ2) is 6.90. The van der Waals surface area contributed by atoms with Crippen molar-refractivity contribution in [1.29, 1.82) is 0 Å². The van der Waals surface area contributed by atoms with Gasteiger partial charge in [0.15, 0.2) is 0 Å². The fourth-order valence-corrected chi connectivity index (χ4v) is 4.18. The average molecular weight is 325 g/mol. The molecule has 5 heteroatoms. The molecule has 1 heterocycles. The number of phenols is 1. The minimum atomic E-state index is -2.95. The number of hydrogen-bond donors (Lipinski definition) is 1. The van der Waals surface area contributed by atoms with Gasteiger partial charge in [-0.15, -0.1) is 0 Å². The van der Waals surface area contributed by atoms with Crippen LogP contribution >= 0.6 is 0 Å². The van der Waals surface area contributed by atoms with Crippen molar-refractivity contribution in [3.05, 3.63) is 24.3 Å². The van der Waals surface area contributed by atoms with Gasteiger partial charge in [-0.2, -0.15) is 0 Å². The Kier molecular flexibility index (Phi) is 5.37. The molecule has 0 radical (unpaired) electrons. The Morgan fingerprint density at radius 3 is 2.68 bits per heavy atom. The molecule has 22 heavy (non-hydrogen) atoms. The summed E-state index contributed by atoms with van der Waals surface area (Å²) >= 11 is 0. The lowest BCUT2D eigenvalue weighted by molar-refractivity contribution is 0.249. The van der Waals surface area contributed by atoms with Gasteiger partial charge in [0.1, 0.15) is 15.6 Å². The van der Waals surface area contributed by atoms with Crippen LogP contribution in [0, 0.1) is 11.8 Å². The highest BCUT2D eigenvalue weighted by atomic mass is 32.2. The van der Waals surface area contributed by atoms with Gasteiger partial charge in [-0.05, 0) is 36.8 Å². The third-order valence-electron chi connectivity index (χ3n) is 5.06. The average Bonchev–Trinajstić information content (AvgIpc) is 2.48. The second-order valence-electron chi connectivity index (χ2n) is 6.43. The van der Waals surface area contributed by atoms with E-state index < -0.39 is 9.84 Å². The van der Waals surface area contributed by atoms with Gasteiger partial charge in [0, 0.05) is 30.1 Å². The predicted molar refractivity (Wildman–Crippen MR) is 91.1 cm³/mol. The zero-order valence-electron chi connectivity index (χ0n) is 13.7. The van der Waals surface area contributed by atoms with Crippen LogP contribution in [0.2, 0.25) is 0 Å². The van der Waals surface area contributed by atoms with Gasteiger partial charge in [0.25, 0.3) is 0 Å². The Labute approximate surface area is 134 Å². The molecular weight excluding hydrogens is 298 g/mol. The van der Waals surface area contributed by atoms with Crippen LogP contribution < -0.4 is 4.90 Å². The number of piperidine rings is 1. The van der Waals surface area contributed by atoms with Crippen LogP contribution in [0.4, 0.5) is 5.69 Å². The van der Waals surface area contributed by atoms with Gasteiger partial charge in [0.2, 0.25) is 0 Å². The molecule has 1 aliphatic rings. The summed E-state index contributed by atoms with van der Waals surface area (Å²) in [6, 6.07) is 7.46. The molecule has 1 aromatic rings. The number of nitrogens with zero attached hydrogens (tertiary/aromatic N) is 1. The van der Waals surface area contributed by atoms with Crippen LogP contribution in [0.3, 0.4) is 0 Å². The van der Waals surface area contributed by atoms with E-state index in [-0.39, 0.29) is 23.3 Å². The summed E-state index contributed by atoms with van der Waals surface area (Å²) in [7, 11) is -2.95. The monoisotopic (exact) mass is 325 g/mol. The highest BCUT2D eigenvalue weighted by molar-refractivity contribution is 7.91. The normalized spacial score (nSPS) is 26.1. The maximum Gasteiger partial charge on any atom is 0.150 e. The smallest absolute Gasteiger partial charge is 0.150 e. The molecule has 2 rings (SSSR count). The number of hydrogen-bond acceptors (Lipinski definition) is 4. The van der Waals surface area contributed by atoms with Gasteiger partial charge >= 0.3 is 0 Å². The highest BCUT2D eigenvalue weighted by Crippen LogP contribution is 2.35. The maximum absolute atomic E-state index is 11.9. The van der Waals surface area contributed by atoms with E-state index in [4.69, 9.17) is 0 Å². The first-order chi connectivity index (χ1) is 10.3. The molecule has 4 nitrogen and oxygen atoms in total. The van der Waals surface area contributed by atoms with E-state index >= 15 is 0 Å². The van der Waals surface area contributed by atoms with Crippen molar-refractivity contribution < 1.29 is 13.5 Å². The van der Waals surface area contributed by atoms with Crippen molar-refractivity contribution in [3.63, 3.8) is 0 Å². The minimum absolute atomic E-state index is 0.201. The zero-order chi connectivity index (χ0) is 16.3. The third-order valence-corrected chi connectivity index (χ3v) is 6.79. The number of sulfone groups is 1. The van der Waals surface area contributed by atoms with Crippen molar-refractivity contribution in [1.82, 2.24) is 0 Å². The van der Waals surface area contributed by atoms with Crippen molar-refractivity contribution in [3.8, 4) is 5.75 Å². The van der Waals surface area contributed by atoms with E-state index in [2.05, 4.69) is 18.7 Å². The first-order valence-corrected chi connectivity index (χ1v) is 9.92. The summed E-state index contributed by atoms with van der Waals surface area (Å²) in [5.74, 6) is 1.71. The Balaban J connectivity index is 2.22. The van der Waals surface area contributed by atoms with E-state index in [1.165, 1.54) is 0 Å².